The number of carbonyl (C=O) groups excluding carboxylic acids is 2. The topological polar surface area (TPSA) is 61.9 Å². The smallest absolute Gasteiger partial charge is 0.328 e. The predicted octanol–water partition coefficient (Wildman–Crippen LogP) is 1.89. The van der Waals surface area contributed by atoms with Gasteiger partial charge in [0.25, 0.3) is 5.91 Å². The molecule has 0 unspecified atom stereocenters. The highest BCUT2D eigenvalue weighted by atomic mass is 16.5. The SMILES string of the molecule is CN1CCN(C[C@@H]2CC[C@H](NC(=O)c3ccc4ccccc4c3)C(=O)O2)CC1. The second-order valence-electron chi connectivity index (χ2n) is 7.83. The molecule has 6 heteroatoms. The Morgan fingerprint density at radius 3 is 2.57 bits per heavy atom. The first kappa shape index (κ1) is 18.9. The number of carbonyl (C=O) groups is 2. The first-order chi connectivity index (χ1) is 13.6. The number of hydrogen-bond donors (Lipinski definition) is 1. The van der Waals surface area contributed by atoms with E-state index in [1.165, 1.54) is 0 Å². The van der Waals surface area contributed by atoms with E-state index in [2.05, 4.69) is 22.2 Å². The first-order valence-electron chi connectivity index (χ1n) is 9.99. The number of nitrogens with zero attached hydrogens (tertiary/aromatic N) is 2. The summed E-state index contributed by atoms with van der Waals surface area (Å²) in [7, 11) is 2.13. The van der Waals surface area contributed by atoms with Crippen molar-refractivity contribution >= 4 is 22.6 Å². The number of amides is 1. The van der Waals surface area contributed by atoms with Crippen LogP contribution in [0.25, 0.3) is 10.8 Å². The standard InChI is InChI=1S/C22H27N3O3/c1-24-10-12-25(13-11-24)15-19-8-9-20(22(27)28-19)23-21(26)18-7-6-16-4-2-3-5-17(16)14-18/h2-7,14,19-20H,8-13,15H2,1H3,(H,23,26)/t19-,20-/m0/s1. The van der Waals surface area contributed by atoms with Gasteiger partial charge in [0.2, 0.25) is 0 Å². The summed E-state index contributed by atoms with van der Waals surface area (Å²) in [4.78, 5) is 29.7. The van der Waals surface area contributed by atoms with Crippen LogP contribution in [0.3, 0.4) is 0 Å². The number of hydrogen-bond acceptors (Lipinski definition) is 5. The Kier molecular flexibility index (Phi) is 5.59. The van der Waals surface area contributed by atoms with Crippen LogP contribution in [0.2, 0.25) is 0 Å². The quantitative estimate of drug-likeness (QED) is 0.820. The van der Waals surface area contributed by atoms with Gasteiger partial charge in [-0.3, -0.25) is 9.69 Å². The molecular formula is C22H27N3O3. The molecule has 6 nitrogen and oxygen atoms in total. The van der Waals surface area contributed by atoms with E-state index in [1.54, 1.807) is 6.07 Å². The van der Waals surface area contributed by atoms with Gasteiger partial charge in [0.1, 0.15) is 12.1 Å². The van der Waals surface area contributed by atoms with Gasteiger partial charge in [-0.05, 0) is 42.8 Å². The van der Waals surface area contributed by atoms with Crippen LogP contribution in [-0.4, -0.2) is 73.6 Å². The van der Waals surface area contributed by atoms with Crippen LogP contribution in [0, 0.1) is 0 Å². The van der Waals surface area contributed by atoms with Crippen molar-refractivity contribution in [2.75, 3.05) is 39.8 Å². The van der Waals surface area contributed by atoms with Gasteiger partial charge in [-0.15, -0.1) is 0 Å². The van der Waals surface area contributed by atoms with Gasteiger partial charge in [0.15, 0.2) is 0 Å². The van der Waals surface area contributed by atoms with Crippen LogP contribution in [0.1, 0.15) is 23.2 Å². The van der Waals surface area contributed by atoms with Gasteiger partial charge >= 0.3 is 5.97 Å². The summed E-state index contributed by atoms with van der Waals surface area (Å²) in [6, 6.07) is 12.9. The molecule has 2 aromatic rings. The lowest BCUT2D eigenvalue weighted by Gasteiger charge is -2.36. The third-order valence-electron chi connectivity index (χ3n) is 5.72. The summed E-state index contributed by atoms with van der Waals surface area (Å²) in [5.41, 5.74) is 0.561. The largest absolute Gasteiger partial charge is 0.459 e. The van der Waals surface area contributed by atoms with Crippen molar-refractivity contribution in [2.45, 2.75) is 25.0 Å². The molecule has 4 rings (SSSR count). The molecule has 2 fully saturated rings. The number of likely N-dealkylation sites (N-methyl/N-ethyl adjacent to an activating group) is 1. The lowest BCUT2D eigenvalue weighted by atomic mass is 10.0. The fraction of sp³-hybridized carbons (Fsp3) is 0.455. The molecule has 148 valence electrons. The Morgan fingerprint density at radius 2 is 1.82 bits per heavy atom. The number of nitrogens with one attached hydrogen (secondary N) is 1. The molecule has 28 heavy (non-hydrogen) atoms. The van der Waals surface area contributed by atoms with Gasteiger partial charge in [0, 0.05) is 38.3 Å². The number of fused-ring (bicyclic) bond motifs is 1. The van der Waals surface area contributed by atoms with E-state index in [4.69, 9.17) is 4.74 Å². The third kappa shape index (κ3) is 4.34. The van der Waals surface area contributed by atoms with Crippen LogP contribution in [-0.2, 0) is 9.53 Å². The summed E-state index contributed by atoms with van der Waals surface area (Å²) in [5, 5.41) is 4.94. The molecule has 2 aromatic carbocycles. The van der Waals surface area contributed by atoms with Crippen LogP contribution in [0.15, 0.2) is 42.5 Å². The summed E-state index contributed by atoms with van der Waals surface area (Å²) < 4.78 is 5.63. The third-order valence-corrected chi connectivity index (χ3v) is 5.72. The molecule has 0 radical (unpaired) electrons. The Morgan fingerprint density at radius 1 is 1.07 bits per heavy atom. The lowest BCUT2D eigenvalue weighted by Crippen LogP contribution is -2.51. The van der Waals surface area contributed by atoms with Gasteiger partial charge in [-0.1, -0.05) is 30.3 Å². The highest BCUT2D eigenvalue weighted by Crippen LogP contribution is 2.19. The Labute approximate surface area is 165 Å². The molecule has 0 bridgehead atoms. The average Bonchev–Trinajstić information content (AvgIpc) is 2.71. The van der Waals surface area contributed by atoms with Crippen LogP contribution in [0.5, 0.6) is 0 Å². The van der Waals surface area contributed by atoms with E-state index >= 15 is 0 Å². The highest BCUT2D eigenvalue weighted by molar-refractivity contribution is 6.00. The van der Waals surface area contributed by atoms with E-state index in [9.17, 15) is 9.59 Å². The molecule has 1 N–H and O–H groups in total. The monoisotopic (exact) mass is 381 g/mol. The van der Waals surface area contributed by atoms with Gasteiger partial charge in [-0.2, -0.15) is 0 Å². The number of ether oxygens (including phenoxy) is 1. The molecule has 2 saturated heterocycles. The van der Waals surface area contributed by atoms with E-state index in [0.717, 1.165) is 49.9 Å². The van der Waals surface area contributed by atoms with Crippen molar-refractivity contribution < 1.29 is 14.3 Å². The molecule has 2 aliphatic rings. The minimum Gasteiger partial charge on any atom is -0.459 e. The zero-order valence-electron chi connectivity index (χ0n) is 16.3. The Bertz CT molecular complexity index is 861. The minimum absolute atomic E-state index is 0.0790. The van der Waals surface area contributed by atoms with Crippen LogP contribution < -0.4 is 5.32 Å². The van der Waals surface area contributed by atoms with Gasteiger partial charge in [-0.25, -0.2) is 4.79 Å². The Balaban J connectivity index is 1.31. The summed E-state index contributed by atoms with van der Waals surface area (Å²) in [6.45, 7) is 4.89. The van der Waals surface area contributed by atoms with Crippen molar-refractivity contribution in [3.05, 3.63) is 48.0 Å². The lowest BCUT2D eigenvalue weighted by molar-refractivity contribution is -0.158. The maximum absolute atomic E-state index is 12.6. The summed E-state index contributed by atoms with van der Waals surface area (Å²) in [6.07, 6.45) is 1.32. The molecule has 1 amide bonds. The Hall–Kier alpha value is -2.44. The van der Waals surface area contributed by atoms with Gasteiger partial charge < -0.3 is 15.0 Å². The normalized spacial score (nSPS) is 24.1. The summed E-state index contributed by atoms with van der Waals surface area (Å²) >= 11 is 0. The number of esters is 1. The van der Waals surface area contributed by atoms with E-state index < -0.39 is 6.04 Å². The highest BCUT2D eigenvalue weighted by Gasteiger charge is 2.32. The molecule has 0 aliphatic carbocycles. The maximum atomic E-state index is 12.6. The fourth-order valence-corrected chi connectivity index (χ4v) is 3.93. The van der Waals surface area contributed by atoms with Crippen molar-refractivity contribution in [2.24, 2.45) is 0 Å². The molecule has 0 spiro atoms. The molecule has 2 atom stereocenters. The number of piperazine rings is 1. The van der Waals surface area contributed by atoms with Crippen molar-refractivity contribution in [3.63, 3.8) is 0 Å². The molecule has 0 aromatic heterocycles. The molecule has 2 aliphatic heterocycles. The van der Waals surface area contributed by atoms with E-state index in [0.29, 0.717) is 12.0 Å². The summed E-state index contributed by atoms with van der Waals surface area (Å²) in [5.74, 6) is -0.551. The second kappa shape index (κ2) is 8.29. The number of benzene rings is 2. The first-order valence-corrected chi connectivity index (χ1v) is 9.99. The number of cyclic esters (lactones) is 1. The fourth-order valence-electron chi connectivity index (χ4n) is 3.93. The van der Waals surface area contributed by atoms with Gasteiger partial charge in [0.05, 0.1) is 0 Å². The van der Waals surface area contributed by atoms with Crippen molar-refractivity contribution in [1.82, 2.24) is 15.1 Å². The second-order valence-corrected chi connectivity index (χ2v) is 7.83. The van der Waals surface area contributed by atoms with Crippen LogP contribution in [0.4, 0.5) is 0 Å². The molecular weight excluding hydrogens is 354 g/mol. The van der Waals surface area contributed by atoms with Crippen molar-refractivity contribution in [1.29, 1.82) is 0 Å². The zero-order chi connectivity index (χ0) is 19.5. The van der Waals surface area contributed by atoms with E-state index in [-0.39, 0.29) is 18.0 Å². The zero-order valence-corrected chi connectivity index (χ0v) is 16.3. The molecule has 0 saturated carbocycles. The maximum Gasteiger partial charge on any atom is 0.328 e. The minimum atomic E-state index is -0.567. The number of rotatable bonds is 4. The average molecular weight is 381 g/mol. The van der Waals surface area contributed by atoms with E-state index in [1.807, 2.05) is 36.4 Å². The molecule has 2 heterocycles. The van der Waals surface area contributed by atoms with Crippen LogP contribution >= 0.6 is 0 Å². The predicted molar refractivity (Wildman–Crippen MR) is 108 cm³/mol. The van der Waals surface area contributed by atoms with Crippen molar-refractivity contribution in [3.8, 4) is 0 Å².